The van der Waals surface area contributed by atoms with Crippen molar-refractivity contribution >= 4 is 5.91 Å². The minimum Gasteiger partial charge on any atom is -0.354 e. The van der Waals surface area contributed by atoms with E-state index in [1.54, 1.807) is 0 Å². The molecular formula is C23H30N2O. The van der Waals surface area contributed by atoms with Gasteiger partial charge in [-0.2, -0.15) is 0 Å². The molecule has 26 heavy (non-hydrogen) atoms. The molecule has 1 unspecified atom stereocenters. The molecule has 0 aliphatic carbocycles. The van der Waals surface area contributed by atoms with Crippen molar-refractivity contribution in [1.29, 1.82) is 0 Å². The van der Waals surface area contributed by atoms with Crippen molar-refractivity contribution in [2.24, 2.45) is 5.92 Å². The molecule has 2 aromatic rings. The second kappa shape index (κ2) is 9.00. The molecule has 0 radical (unpaired) electrons. The van der Waals surface area contributed by atoms with E-state index in [9.17, 15) is 4.79 Å². The van der Waals surface area contributed by atoms with Gasteiger partial charge in [0, 0.05) is 6.54 Å². The number of aryl methyl sites for hydroxylation is 1. The maximum Gasteiger partial charge on any atom is 0.224 e. The first-order valence-corrected chi connectivity index (χ1v) is 9.73. The number of carbonyl (C=O) groups excluding carboxylic acids is 1. The summed E-state index contributed by atoms with van der Waals surface area (Å²) in [5.41, 5.74) is 3.63. The van der Waals surface area contributed by atoms with Gasteiger partial charge in [-0.1, -0.05) is 67.1 Å². The molecule has 1 saturated heterocycles. The number of hydrogen-bond acceptors (Lipinski definition) is 2. The maximum atomic E-state index is 12.4. The van der Waals surface area contributed by atoms with E-state index in [1.165, 1.54) is 24.0 Å². The van der Waals surface area contributed by atoms with Crippen LogP contribution in [0.4, 0.5) is 0 Å². The van der Waals surface area contributed by atoms with Gasteiger partial charge >= 0.3 is 0 Å². The van der Waals surface area contributed by atoms with Crippen LogP contribution in [0.2, 0.25) is 0 Å². The highest BCUT2D eigenvalue weighted by atomic mass is 16.1. The normalized spacial score (nSPS) is 17.0. The molecular weight excluding hydrogens is 320 g/mol. The lowest BCUT2D eigenvalue weighted by molar-refractivity contribution is -0.120. The summed E-state index contributed by atoms with van der Waals surface area (Å²) in [4.78, 5) is 14.9. The van der Waals surface area contributed by atoms with Crippen LogP contribution in [0, 0.1) is 12.8 Å². The monoisotopic (exact) mass is 350 g/mol. The first kappa shape index (κ1) is 18.7. The van der Waals surface area contributed by atoms with Crippen LogP contribution < -0.4 is 5.32 Å². The fourth-order valence-corrected chi connectivity index (χ4v) is 3.64. The van der Waals surface area contributed by atoms with Gasteiger partial charge in [-0.25, -0.2) is 0 Å². The lowest BCUT2D eigenvalue weighted by atomic mass is 9.95. The first-order valence-electron chi connectivity index (χ1n) is 9.73. The number of likely N-dealkylation sites (tertiary alicyclic amines) is 1. The van der Waals surface area contributed by atoms with Crippen molar-refractivity contribution in [3.63, 3.8) is 0 Å². The summed E-state index contributed by atoms with van der Waals surface area (Å²) in [7, 11) is 0. The van der Waals surface area contributed by atoms with Crippen LogP contribution in [0.5, 0.6) is 0 Å². The van der Waals surface area contributed by atoms with Crippen molar-refractivity contribution in [3.8, 4) is 0 Å². The maximum absolute atomic E-state index is 12.4. The Morgan fingerprint density at radius 3 is 2.38 bits per heavy atom. The minimum absolute atomic E-state index is 0.0960. The van der Waals surface area contributed by atoms with Crippen molar-refractivity contribution in [2.45, 2.75) is 39.2 Å². The van der Waals surface area contributed by atoms with Gasteiger partial charge in [0.05, 0.1) is 12.5 Å². The molecule has 0 saturated carbocycles. The number of rotatable bonds is 6. The SMILES string of the molecule is Cc1ccc(C(CNC(=O)Cc2ccccc2)N2CCC(C)CC2)cc1. The van der Waals surface area contributed by atoms with Crippen molar-refractivity contribution in [3.05, 3.63) is 71.3 Å². The Labute approximate surface area is 157 Å². The predicted molar refractivity (Wildman–Crippen MR) is 107 cm³/mol. The Balaban J connectivity index is 1.65. The third kappa shape index (κ3) is 5.18. The molecule has 1 fully saturated rings. The topological polar surface area (TPSA) is 32.3 Å². The van der Waals surface area contributed by atoms with Crippen LogP contribution in [0.15, 0.2) is 54.6 Å². The van der Waals surface area contributed by atoms with Gasteiger partial charge in [-0.05, 0) is 49.9 Å². The molecule has 2 aromatic carbocycles. The van der Waals surface area contributed by atoms with Crippen LogP contribution in [0.3, 0.4) is 0 Å². The summed E-state index contributed by atoms with van der Waals surface area (Å²) in [5, 5.41) is 3.17. The molecule has 1 amide bonds. The van der Waals surface area contributed by atoms with Gasteiger partial charge in [0.1, 0.15) is 0 Å². The molecule has 0 bridgehead atoms. The zero-order valence-electron chi connectivity index (χ0n) is 15.9. The van der Waals surface area contributed by atoms with E-state index in [-0.39, 0.29) is 11.9 Å². The summed E-state index contributed by atoms with van der Waals surface area (Å²) in [6, 6.07) is 18.9. The molecule has 0 spiro atoms. The Bertz CT molecular complexity index is 688. The molecule has 0 aromatic heterocycles. The number of carbonyl (C=O) groups is 1. The fourth-order valence-electron chi connectivity index (χ4n) is 3.64. The van der Waals surface area contributed by atoms with Crippen molar-refractivity contribution in [2.75, 3.05) is 19.6 Å². The van der Waals surface area contributed by atoms with Gasteiger partial charge in [0.2, 0.25) is 5.91 Å². The Morgan fingerprint density at radius 1 is 1.08 bits per heavy atom. The zero-order valence-corrected chi connectivity index (χ0v) is 15.9. The number of amides is 1. The minimum atomic E-state index is 0.0960. The standard InChI is InChI=1S/C23H30N2O/c1-18-8-10-21(11-9-18)22(25-14-12-19(2)13-15-25)17-24-23(26)16-20-6-4-3-5-7-20/h3-11,19,22H,12-17H2,1-2H3,(H,24,26). The van der Waals surface area contributed by atoms with Crippen LogP contribution >= 0.6 is 0 Å². The molecule has 3 nitrogen and oxygen atoms in total. The summed E-state index contributed by atoms with van der Waals surface area (Å²) in [6.07, 6.45) is 2.92. The van der Waals surface area contributed by atoms with Gasteiger partial charge in [-0.3, -0.25) is 9.69 Å². The summed E-state index contributed by atoms with van der Waals surface area (Å²) in [6.45, 7) is 7.33. The Hall–Kier alpha value is -2.13. The van der Waals surface area contributed by atoms with Gasteiger partial charge in [-0.15, -0.1) is 0 Å². The smallest absolute Gasteiger partial charge is 0.224 e. The Morgan fingerprint density at radius 2 is 1.73 bits per heavy atom. The second-order valence-electron chi connectivity index (χ2n) is 7.61. The average molecular weight is 351 g/mol. The number of piperidine rings is 1. The third-order valence-corrected chi connectivity index (χ3v) is 5.42. The highest BCUT2D eigenvalue weighted by Crippen LogP contribution is 2.26. The fraction of sp³-hybridized carbons (Fsp3) is 0.435. The lowest BCUT2D eigenvalue weighted by Gasteiger charge is -2.37. The van der Waals surface area contributed by atoms with Crippen LogP contribution in [-0.2, 0) is 11.2 Å². The van der Waals surface area contributed by atoms with E-state index < -0.39 is 0 Å². The summed E-state index contributed by atoms with van der Waals surface area (Å²) >= 11 is 0. The predicted octanol–water partition coefficient (Wildman–Crippen LogP) is 4.13. The summed E-state index contributed by atoms with van der Waals surface area (Å²) < 4.78 is 0. The van der Waals surface area contributed by atoms with Crippen LogP contribution in [0.1, 0.15) is 42.5 Å². The molecule has 3 heteroatoms. The van der Waals surface area contributed by atoms with E-state index in [2.05, 4.69) is 48.3 Å². The summed E-state index contributed by atoms with van der Waals surface area (Å²) in [5.74, 6) is 0.899. The number of benzene rings is 2. The van der Waals surface area contributed by atoms with Gasteiger partial charge in [0.25, 0.3) is 0 Å². The number of nitrogens with one attached hydrogen (secondary N) is 1. The van der Waals surface area contributed by atoms with Gasteiger partial charge < -0.3 is 5.32 Å². The van der Waals surface area contributed by atoms with E-state index in [0.29, 0.717) is 13.0 Å². The van der Waals surface area contributed by atoms with E-state index in [0.717, 1.165) is 24.6 Å². The number of hydrogen-bond donors (Lipinski definition) is 1. The lowest BCUT2D eigenvalue weighted by Crippen LogP contribution is -2.42. The second-order valence-corrected chi connectivity index (χ2v) is 7.61. The highest BCUT2D eigenvalue weighted by Gasteiger charge is 2.25. The number of nitrogens with zero attached hydrogens (tertiary/aromatic N) is 1. The zero-order chi connectivity index (χ0) is 18.4. The molecule has 1 heterocycles. The third-order valence-electron chi connectivity index (χ3n) is 5.42. The highest BCUT2D eigenvalue weighted by molar-refractivity contribution is 5.78. The van der Waals surface area contributed by atoms with Crippen LogP contribution in [0.25, 0.3) is 0 Å². The van der Waals surface area contributed by atoms with E-state index in [4.69, 9.17) is 0 Å². The Kier molecular flexibility index (Phi) is 6.45. The van der Waals surface area contributed by atoms with Crippen molar-refractivity contribution < 1.29 is 4.79 Å². The largest absolute Gasteiger partial charge is 0.354 e. The average Bonchev–Trinajstić information content (AvgIpc) is 2.65. The quantitative estimate of drug-likeness (QED) is 0.850. The molecule has 138 valence electrons. The molecule has 1 atom stereocenters. The van der Waals surface area contributed by atoms with E-state index in [1.807, 2.05) is 30.3 Å². The van der Waals surface area contributed by atoms with Gasteiger partial charge in [0.15, 0.2) is 0 Å². The molecule has 1 aliphatic rings. The molecule has 1 aliphatic heterocycles. The molecule has 1 N–H and O–H groups in total. The molecule has 3 rings (SSSR count). The van der Waals surface area contributed by atoms with Crippen molar-refractivity contribution in [1.82, 2.24) is 10.2 Å². The first-order chi connectivity index (χ1) is 12.6. The van der Waals surface area contributed by atoms with Crippen LogP contribution in [-0.4, -0.2) is 30.4 Å². The van der Waals surface area contributed by atoms with E-state index >= 15 is 0 Å².